The summed E-state index contributed by atoms with van der Waals surface area (Å²) in [6.07, 6.45) is -0.265. The minimum absolute atomic E-state index is 0.265. The van der Waals surface area contributed by atoms with E-state index in [-0.39, 0.29) is 6.10 Å². The van der Waals surface area contributed by atoms with E-state index in [0.717, 1.165) is 5.56 Å². The van der Waals surface area contributed by atoms with Gasteiger partial charge in [-0.1, -0.05) is 31.5 Å². The maximum atomic E-state index is 10.1. The van der Waals surface area contributed by atoms with E-state index in [2.05, 4.69) is 39.8 Å². The normalized spacial score (nSPS) is 30.5. The number of aliphatic hydroxyl groups is 1. The van der Waals surface area contributed by atoms with Crippen LogP contribution < -0.4 is 0 Å². The molecule has 3 atom stereocenters. The first-order valence-corrected chi connectivity index (χ1v) is 5.31. The van der Waals surface area contributed by atoms with Crippen LogP contribution in [0, 0.1) is 19.8 Å². The van der Waals surface area contributed by atoms with E-state index < -0.39 is 0 Å². The molecule has 76 valence electrons. The number of rotatable bonds is 0. The molecular weight excluding hydrogens is 172 g/mol. The summed E-state index contributed by atoms with van der Waals surface area (Å²) >= 11 is 0. The summed E-state index contributed by atoms with van der Waals surface area (Å²) in [6.45, 7) is 8.58. The van der Waals surface area contributed by atoms with Crippen LogP contribution in [0.25, 0.3) is 0 Å². The van der Waals surface area contributed by atoms with Gasteiger partial charge in [0.15, 0.2) is 0 Å². The summed E-state index contributed by atoms with van der Waals surface area (Å²) < 4.78 is 0. The average Bonchev–Trinajstić information content (AvgIpc) is 2.31. The fourth-order valence-electron chi connectivity index (χ4n) is 2.70. The van der Waals surface area contributed by atoms with Crippen LogP contribution >= 0.6 is 0 Å². The molecule has 14 heavy (non-hydrogen) atoms. The van der Waals surface area contributed by atoms with Gasteiger partial charge in [0, 0.05) is 0 Å². The highest BCUT2D eigenvalue weighted by Gasteiger charge is 2.34. The zero-order valence-electron chi connectivity index (χ0n) is 9.33. The summed E-state index contributed by atoms with van der Waals surface area (Å²) in [4.78, 5) is 0. The van der Waals surface area contributed by atoms with Gasteiger partial charge in [0.05, 0.1) is 6.10 Å². The Bertz CT molecular complexity index is 368. The SMILES string of the molecule is Cc1cc(C)c2c(c1)C(O)C(C)C2C. The quantitative estimate of drug-likeness (QED) is 0.666. The monoisotopic (exact) mass is 190 g/mol. The Kier molecular flexibility index (Phi) is 2.15. The van der Waals surface area contributed by atoms with Crippen molar-refractivity contribution in [3.63, 3.8) is 0 Å². The molecule has 0 heterocycles. The fraction of sp³-hybridized carbons (Fsp3) is 0.538. The number of aliphatic hydroxyl groups excluding tert-OH is 1. The molecule has 0 bridgehead atoms. The highest BCUT2D eigenvalue weighted by molar-refractivity contribution is 5.45. The number of hydrogen-bond donors (Lipinski definition) is 1. The van der Waals surface area contributed by atoms with Crippen LogP contribution in [0.4, 0.5) is 0 Å². The molecule has 1 heteroatoms. The maximum absolute atomic E-state index is 10.1. The highest BCUT2D eigenvalue weighted by Crippen LogP contribution is 2.46. The molecule has 2 rings (SSSR count). The smallest absolute Gasteiger partial charge is 0.0824 e. The fourth-order valence-corrected chi connectivity index (χ4v) is 2.70. The Labute approximate surface area is 85.8 Å². The van der Waals surface area contributed by atoms with Gasteiger partial charge in [0.2, 0.25) is 0 Å². The molecule has 0 amide bonds. The third-order valence-corrected chi connectivity index (χ3v) is 3.62. The lowest BCUT2D eigenvalue weighted by atomic mass is 9.93. The molecular formula is C13H18O. The molecule has 1 aromatic rings. The Morgan fingerprint density at radius 2 is 1.79 bits per heavy atom. The van der Waals surface area contributed by atoms with Crippen molar-refractivity contribution < 1.29 is 5.11 Å². The van der Waals surface area contributed by atoms with Crippen molar-refractivity contribution >= 4 is 0 Å². The molecule has 0 aliphatic heterocycles. The van der Waals surface area contributed by atoms with Crippen LogP contribution in [0.5, 0.6) is 0 Å². The van der Waals surface area contributed by atoms with Gasteiger partial charge in [-0.25, -0.2) is 0 Å². The van der Waals surface area contributed by atoms with E-state index in [9.17, 15) is 5.11 Å². The van der Waals surface area contributed by atoms with Gasteiger partial charge in [-0.3, -0.25) is 0 Å². The highest BCUT2D eigenvalue weighted by atomic mass is 16.3. The van der Waals surface area contributed by atoms with Gasteiger partial charge in [0.25, 0.3) is 0 Å². The van der Waals surface area contributed by atoms with E-state index >= 15 is 0 Å². The van der Waals surface area contributed by atoms with Crippen molar-refractivity contribution in [3.05, 3.63) is 34.4 Å². The molecule has 1 aliphatic rings. The molecule has 0 spiro atoms. The van der Waals surface area contributed by atoms with Gasteiger partial charge in [0.1, 0.15) is 0 Å². The largest absolute Gasteiger partial charge is 0.388 e. The minimum Gasteiger partial charge on any atom is -0.388 e. The summed E-state index contributed by atoms with van der Waals surface area (Å²) in [5.41, 5.74) is 5.11. The first-order valence-electron chi connectivity index (χ1n) is 5.31. The Hall–Kier alpha value is -0.820. The van der Waals surface area contributed by atoms with Crippen molar-refractivity contribution in [2.75, 3.05) is 0 Å². The molecule has 0 aromatic heterocycles. The topological polar surface area (TPSA) is 20.2 Å². The Morgan fingerprint density at radius 3 is 2.43 bits per heavy atom. The first kappa shape index (κ1) is 9.72. The maximum Gasteiger partial charge on any atom is 0.0824 e. The van der Waals surface area contributed by atoms with Crippen molar-refractivity contribution in [2.24, 2.45) is 5.92 Å². The molecule has 0 fully saturated rings. The van der Waals surface area contributed by atoms with Gasteiger partial charge in [-0.15, -0.1) is 0 Å². The van der Waals surface area contributed by atoms with E-state index in [0.29, 0.717) is 11.8 Å². The minimum atomic E-state index is -0.265. The second-order valence-corrected chi connectivity index (χ2v) is 4.68. The van der Waals surface area contributed by atoms with Gasteiger partial charge < -0.3 is 5.11 Å². The lowest BCUT2D eigenvalue weighted by molar-refractivity contribution is 0.123. The van der Waals surface area contributed by atoms with Crippen molar-refractivity contribution in [3.8, 4) is 0 Å². The molecule has 0 saturated heterocycles. The lowest BCUT2D eigenvalue weighted by Crippen LogP contribution is -2.04. The third kappa shape index (κ3) is 1.19. The van der Waals surface area contributed by atoms with E-state index in [1.807, 2.05) is 0 Å². The van der Waals surface area contributed by atoms with Crippen LogP contribution in [0.2, 0.25) is 0 Å². The lowest BCUT2D eigenvalue weighted by Gasteiger charge is -2.13. The van der Waals surface area contributed by atoms with Crippen LogP contribution in [0.15, 0.2) is 12.1 Å². The standard InChI is InChI=1S/C13H18O/c1-7-5-8(2)12-9(3)10(4)13(14)11(12)6-7/h5-6,9-10,13-14H,1-4H3. The third-order valence-electron chi connectivity index (χ3n) is 3.62. The van der Waals surface area contributed by atoms with E-state index in [4.69, 9.17) is 0 Å². The Balaban J connectivity index is 2.63. The molecule has 1 aliphatic carbocycles. The van der Waals surface area contributed by atoms with Gasteiger partial charge >= 0.3 is 0 Å². The zero-order chi connectivity index (χ0) is 10.5. The Morgan fingerprint density at radius 1 is 1.14 bits per heavy atom. The number of hydrogen-bond acceptors (Lipinski definition) is 1. The summed E-state index contributed by atoms with van der Waals surface area (Å²) in [7, 11) is 0. The van der Waals surface area contributed by atoms with E-state index in [1.165, 1.54) is 16.7 Å². The number of fused-ring (bicyclic) bond motifs is 1. The summed E-state index contributed by atoms with van der Waals surface area (Å²) in [5.74, 6) is 0.839. The molecule has 3 unspecified atom stereocenters. The van der Waals surface area contributed by atoms with Crippen molar-refractivity contribution in [2.45, 2.75) is 39.7 Å². The van der Waals surface area contributed by atoms with Crippen molar-refractivity contribution in [1.82, 2.24) is 0 Å². The van der Waals surface area contributed by atoms with Crippen molar-refractivity contribution in [1.29, 1.82) is 0 Å². The average molecular weight is 190 g/mol. The number of benzene rings is 1. The van der Waals surface area contributed by atoms with Crippen LogP contribution in [0.3, 0.4) is 0 Å². The molecule has 1 aromatic carbocycles. The first-order chi connectivity index (χ1) is 6.52. The summed E-state index contributed by atoms with van der Waals surface area (Å²) in [6, 6.07) is 4.34. The van der Waals surface area contributed by atoms with Crippen LogP contribution in [-0.2, 0) is 0 Å². The predicted molar refractivity (Wildman–Crippen MR) is 58.5 cm³/mol. The van der Waals surface area contributed by atoms with Crippen LogP contribution in [-0.4, -0.2) is 5.11 Å². The molecule has 0 radical (unpaired) electrons. The molecule has 1 nitrogen and oxygen atoms in total. The molecule has 1 N–H and O–H groups in total. The van der Waals surface area contributed by atoms with Crippen LogP contribution in [0.1, 0.15) is 48.1 Å². The molecule has 0 saturated carbocycles. The van der Waals surface area contributed by atoms with E-state index in [1.54, 1.807) is 0 Å². The van der Waals surface area contributed by atoms with Gasteiger partial charge in [-0.05, 0) is 42.4 Å². The summed E-state index contributed by atoms with van der Waals surface area (Å²) in [5, 5.41) is 10.1. The van der Waals surface area contributed by atoms with Gasteiger partial charge in [-0.2, -0.15) is 0 Å². The number of aryl methyl sites for hydroxylation is 2. The second-order valence-electron chi connectivity index (χ2n) is 4.68. The zero-order valence-corrected chi connectivity index (χ0v) is 9.33. The predicted octanol–water partition coefficient (Wildman–Crippen LogP) is 3.09. The second kappa shape index (κ2) is 3.09.